The van der Waals surface area contributed by atoms with Crippen molar-refractivity contribution in [2.75, 3.05) is 13.1 Å². The molecule has 0 saturated carbocycles. The van der Waals surface area contributed by atoms with Crippen molar-refractivity contribution in [2.24, 2.45) is 0 Å². The van der Waals surface area contributed by atoms with Crippen molar-refractivity contribution in [1.82, 2.24) is 4.90 Å². The molecule has 1 aliphatic heterocycles. The van der Waals surface area contributed by atoms with Crippen molar-refractivity contribution in [3.8, 4) is 0 Å². The lowest BCUT2D eigenvalue weighted by atomic mass is 10.1. The second kappa shape index (κ2) is 3.73. The van der Waals surface area contributed by atoms with Gasteiger partial charge in [0.2, 0.25) is 0 Å². The van der Waals surface area contributed by atoms with Gasteiger partial charge in [-0.2, -0.15) is 0 Å². The molecule has 0 aromatic carbocycles. The molecule has 12 heavy (non-hydrogen) atoms. The molecule has 1 unspecified atom stereocenters. The summed E-state index contributed by atoms with van der Waals surface area (Å²) in [6.07, 6.45) is 1.93. The van der Waals surface area contributed by atoms with Crippen molar-refractivity contribution in [1.29, 1.82) is 0 Å². The van der Waals surface area contributed by atoms with Gasteiger partial charge in [-0.15, -0.1) is 0 Å². The monoisotopic (exact) mass is 173 g/mol. The third-order valence-electron chi connectivity index (χ3n) is 2.61. The molecule has 0 radical (unpaired) electrons. The summed E-state index contributed by atoms with van der Waals surface area (Å²) in [6, 6.07) is 0. The summed E-state index contributed by atoms with van der Waals surface area (Å²) < 4.78 is 13.0. The minimum absolute atomic E-state index is 0.212. The van der Waals surface area contributed by atoms with Gasteiger partial charge >= 0.3 is 0 Å². The van der Waals surface area contributed by atoms with Crippen molar-refractivity contribution in [2.45, 2.75) is 51.7 Å². The van der Waals surface area contributed by atoms with Crippen LogP contribution in [0.1, 0.15) is 40.0 Å². The van der Waals surface area contributed by atoms with E-state index in [1.807, 2.05) is 0 Å². The van der Waals surface area contributed by atoms with Gasteiger partial charge in [0.25, 0.3) is 0 Å². The zero-order valence-electron chi connectivity index (χ0n) is 8.44. The third-order valence-corrected chi connectivity index (χ3v) is 2.61. The molecule has 1 nitrogen and oxygen atoms in total. The molecule has 0 aliphatic carbocycles. The Morgan fingerprint density at radius 2 is 1.83 bits per heavy atom. The largest absolute Gasteiger partial charge is 0.298 e. The first-order valence-electron chi connectivity index (χ1n) is 4.89. The summed E-state index contributed by atoms with van der Waals surface area (Å²) in [5, 5.41) is 0. The standard InChI is InChI=1S/C10H20FN/c1-10(2,3)12-7-4-5-9(11)6-8-12/h9H,4-8H2,1-3H3. The molecule has 0 spiro atoms. The molecule has 0 aromatic heterocycles. The first kappa shape index (κ1) is 9.97. The number of hydrogen-bond acceptors (Lipinski definition) is 1. The van der Waals surface area contributed by atoms with Crippen molar-refractivity contribution in [3.63, 3.8) is 0 Å². The quantitative estimate of drug-likeness (QED) is 0.544. The molecular formula is C10H20FN. The summed E-state index contributed by atoms with van der Waals surface area (Å²) in [5.74, 6) is 0. The van der Waals surface area contributed by atoms with Gasteiger partial charge in [-0.3, -0.25) is 4.90 Å². The summed E-state index contributed by atoms with van der Waals surface area (Å²) >= 11 is 0. The van der Waals surface area contributed by atoms with Crippen LogP contribution in [0.25, 0.3) is 0 Å². The van der Waals surface area contributed by atoms with Crippen LogP contribution in [0.15, 0.2) is 0 Å². The van der Waals surface area contributed by atoms with Crippen molar-refractivity contribution >= 4 is 0 Å². The molecule has 1 saturated heterocycles. The second-order valence-corrected chi connectivity index (χ2v) is 4.69. The zero-order chi connectivity index (χ0) is 9.19. The number of rotatable bonds is 0. The minimum Gasteiger partial charge on any atom is -0.298 e. The van der Waals surface area contributed by atoms with Crippen molar-refractivity contribution in [3.05, 3.63) is 0 Å². The third kappa shape index (κ3) is 2.74. The molecule has 1 fully saturated rings. The highest BCUT2D eigenvalue weighted by molar-refractivity contribution is 4.79. The summed E-state index contributed by atoms with van der Waals surface area (Å²) in [7, 11) is 0. The average Bonchev–Trinajstić information content (AvgIpc) is 2.11. The molecule has 1 aliphatic rings. The summed E-state index contributed by atoms with van der Waals surface area (Å²) in [5.41, 5.74) is 0.212. The maximum Gasteiger partial charge on any atom is 0.101 e. The fourth-order valence-corrected chi connectivity index (χ4v) is 1.73. The molecule has 0 bridgehead atoms. The van der Waals surface area contributed by atoms with E-state index in [1.54, 1.807) is 0 Å². The number of halogens is 1. The Morgan fingerprint density at radius 1 is 1.17 bits per heavy atom. The molecule has 0 amide bonds. The molecular weight excluding hydrogens is 153 g/mol. The van der Waals surface area contributed by atoms with Crippen LogP contribution in [-0.4, -0.2) is 29.7 Å². The highest BCUT2D eigenvalue weighted by atomic mass is 19.1. The van der Waals surface area contributed by atoms with E-state index in [0.717, 1.165) is 32.4 Å². The maximum atomic E-state index is 13.0. The van der Waals surface area contributed by atoms with E-state index >= 15 is 0 Å². The van der Waals surface area contributed by atoms with E-state index in [1.165, 1.54) is 0 Å². The van der Waals surface area contributed by atoms with Crippen LogP contribution in [-0.2, 0) is 0 Å². The topological polar surface area (TPSA) is 3.24 Å². The van der Waals surface area contributed by atoms with Crippen LogP contribution in [0.2, 0.25) is 0 Å². The fraction of sp³-hybridized carbons (Fsp3) is 1.00. The molecule has 1 atom stereocenters. The van der Waals surface area contributed by atoms with Gasteiger partial charge in [0.1, 0.15) is 6.17 Å². The Morgan fingerprint density at radius 3 is 2.42 bits per heavy atom. The Labute approximate surface area is 74.9 Å². The molecule has 0 aromatic rings. The highest BCUT2D eigenvalue weighted by Crippen LogP contribution is 2.20. The number of nitrogens with zero attached hydrogens (tertiary/aromatic N) is 1. The molecule has 1 rings (SSSR count). The lowest BCUT2D eigenvalue weighted by Crippen LogP contribution is -2.41. The number of likely N-dealkylation sites (tertiary alicyclic amines) is 1. The SMILES string of the molecule is CC(C)(C)N1CCCC(F)CC1. The van der Waals surface area contributed by atoms with Crippen LogP contribution in [0, 0.1) is 0 Å². The first-order chi connectivity index (χ1) is 5.50. The molecule has 72 valence electrons. The minimum atomic E-state index is -0.558. The molecule has 2 heteroatoms. The normalized spacial score (nSPS) is 28.5. The smallest absolute Gasteiger partial charge is 0.101 e. The zero-order valence-corrected chi connectivity index (χ0v) is 8.44. The number of hydrogen-bond donors (Lipinski definition) is 0. The van der Waals surface area contributed by atoms with Gasteiger partial charge in [-0.25, -0.2) is 4.39 Å². The Hall–Kier alpha value is -0.110. The van der Waals surface area contributed by atoms with Crippen LogP contribution >= 0.6 is 0 Å². The van der Waals surface area contributed by atoms with E-state index in [-0.39, 0.29) is 5.54 Å². The summed E-state index contributed by atoms with van der Waals surface area (Å²) in [4.78, 5) is 2.38. The van der Waals surface area contributed by atoms with Gasteiger partial charge in [-0.05, 0) is 46.6 Å². The maximum absolute atomic E-state index is 13.0. The van der Waals surface area contributed by atoms with Gasteiger partial charge in [0, 0.05) is 12.1 Å². The van der Waals surface area contributed by atoms with Gasteiger partial charge in [-0.1, -0.05) is 0 Å². The van der Waals surface area contributed by atoms with Crippen LogP contribution in [0.4, 0.5) is 4.39 Å². The van der Waals surface area contributed by atoms with Gasteiger partial charge < -0.3 is 0 Å². The van der Waals surface area contributed by atoms with E-state index in [4.69, 9.17) is 0 Å². The first-order valence-corrected chi connectivity index (χ1v) is 4.89. The van der Waals surface area contributed by atoms with E-state index in [0.29, 0.717) is 0 Å². The molecule has 1 heterocycles. The molecule has 0 N–H and O–H groups in total. The Balaban J connectivity index is 2.46. The van der Waals surface area contributed by atoms with Gasteiger partial charge in [0.05, 0.1) is 0 Å². The predicted molar refractivity (Wildman–Crippen MR) is 50.1 cm³/mol. The Kier molecular flexibility index (Phi) is 3.10. The van der Waals surface area contributed by atoms with Gasteiger partial charge in [0.15, 0.2) is 0 Å². The van der Waals surface area contributed by atoms with E-state index in [9.17, 15) is 4.39 Å². The lowest BCUT2D eigenvalue weighted by Gasteiger charge is -2.34. The van der Waals surface area contributed by atoms with Crippen LogP contribution in [0.5, 0.6) is 0 Å². The fourth-order valence-electron chi connectivity index (χ4n) is 1.73. The number of alkyl halides is 1. The lowest BCUT2D eigenvalue weighted by molar-refractivity contribution is 0.139. The van der Waals surface area contributed by atoms with Crippen molar-refractivity contribution < 1.29 is 4.39 Å². The average molecular weight is 173 g/mol. The van der Waals surface area contributed by atoms with E-state index in [2.05, 4.69) is 25.7 Å². The van der Waals surface area contributed by atoms with Crippen LogP contribution < -0.4 is 0 Å². The highest BCUT2D eigenvalue weighted by Gasteiger charge is 2.24. The predicted octanol–water partition coefficient (Wildman–Crippen LogP) is 2.61. The second-order valence-electron chi connectivity index (χ2n) is 4.69. The van der Waals surface area contributed by atoms with Crippen LogP contribution in [0.3, 0.4) is 0 Å². The summed E-state index contributed by atoms with van der Waals surface area (Å²) in [6.45, 7) is 8.58. The Bertz CT molecular complexity index is 139. The van der Waals surface area contributed by atoms with E-state index < -0.39 is 6.17 Å².